The summed E-state index contributed by atoms with van der Waals surface area (Å²) in [5, 5.41) is 12.8. The maximum absolute atomic E-state index is 4.14. The number of aromatic amines is 1. The molecule has 0 aliphatic carbocycles. The normalized spacial score (nSPS) is 10.9. The number of hydrogen-bond donors (Lipinski definition) is 2. The van der Waals surface area contributed by atoms with Crippen molar-refractivity contribution in [1.29, 1.82) is 0 Å². The second-order valence-corrected chi connectivity index (χ2v) is 6.06. The molecule has 2 aromatic rings. The predicted molar refractivity (Wildman–Crippen MR) is 81.2 cm³/mol. The van der Waals surface area contributed by atoms with Crippen LogP contribution < -0.4 is 5.32 Å². The molecular formula is C13H19N3S2. The minimum Gasteiger partial charge on any atom is -0.313 e. The zero-order chi connectivity index (χ0) is 12.6. The van der Waals surface area contributed by atoms with Gasteiger partial charge in [-0.25, -0.2) is 0 Å². The average molecular weight is 281 g/mol. The van der Waals surface area contributed by atoms with Gasteiger partial charge in [0.1, 0.15) is 0 Å². The van der Waals surface area contributed by atoms with Gasteiger partial charge < -0.3 is 5.32 Å². The van der Waals surface area contributed by atoms with E-state index in [2.05, 4.69) is 39.3 Å². The molecule has 98 valence electrons. The predicted octanol–water partition coefficient (Wildman–Crippen LogP) is 3.37. The summed E-state index contributed by atoms with van der Waals surface area (Å²) in [5.41, 5.74) is 2.41. The van der Waals surface area contributed by atoms with Crippen molar-refractivity contribution in [2.45, 2.75) is 19.4 Å². The summed E-state index contributed by atoms with van der Waals surface area (Å²) in [6.07, 6.45) is 6.61. The van der Waals surface area contributed by atoms with Crippen LogP contribution in [0.25, 0.3) is 10.6 Å². The quantitative estimate of drug-likeness (QED) is 0.729. The summed E-state index contributed by atoms with van der Waals surface area (Å²) in [5.74, 6) is 1.26. The first kappa shape index (κ1) is 13.6. The van der Waals surface area contributed by atoms with Gasteiger partial charge in [0.05, 0.1) is 16.8 Å². The molecule has 0 amide bonds. The van der Waals surface area contributed by atoms with Crippen molar-refractivity contribution in [2.75, 3.05) is 18.6 Å². The van der Waals surface area contributed by atoms with Crippen molar-refractivity contribution < 1.29 is 0 Å². The molecular weight excluding hydrogens is 262 g/mol. The van der Waals surface area contributed by atoms with Crippen LogP contribution in [-0.4, -0.2) is 28.8 Å². The minimum atomic E-state index is 0.892. The molecule has 0 saturated heterocycles. The molecule has 5 heteroatoms. The van der Waals surface area contributed by atoms with Crippen LogP contribution in [0, 0.1) is 0 Å². The lowest BCUT2D eigenvalue weighted by Gasteiger charge is -2.04. The van der Waals surface area contributed by atoms with Crippen molar-refractivity contribution in [3.05, 3.63) is 29.3 Å². The molecule has 0 aromatic carbocycles. The van der Waals surface area contributed by atoms with Gasteiger partial charge in [-0.15, -0.1) is 11.3 Å². The molecule has 2 rings (SSSR count). The number of unbranched alkanes of at least 4 members (excludes halogenated alkanes) is 1. The van der Waals surface area contributed by atoms with Gasteiger partial charge in [-0.2, -0.15) is 16.9 Å². The summed E-state index contributed by atoms with van der Waals surface area (Å²) in [4.78, 5) is 1.26. The lowest BCUT2D eigenvalue weighted by atomic mass is 10.2. The van der Waals surface area contributed by atoms with Crippen molar-refractivity contribution in [3.8, 4) is 10.6 Å². The molecule has 0 saturated carbocycles. The van der Waals surface area contributed by atoms with E-state index in [-0.39, 0.29) is 0 Å². The monoisotopic (exact) mass is 281 g/mol. The second-order valence-electron chi connectivity index (χ2n) is 4.12. The van der Waals surface area contributed by atoms with Gasteiger partial charge in [-0.1, -0.05) is 6.07 Å². The smallest absolute Gasteiger partial charge is 0.0794 e. The zero-order valence-electron chi connectivity index (χ0n) is 10.6. The van der Waals surface area contributed by atoms with Crippen molar-refractivity contribution in [3.63, 3.8) is 0 Å². The first-order valence-corrected chi connectivity index (χ1v) is 8.45. The molecule has 2 N–H and O–H groups in total. The lowest BCUT2D eigenvalue weighted by Crippen LogP contribution is -2.14. The van der Waals surface area contributed by atoms with Crippen LogP contribution in [0.1, 0.15) is 18.4 Å². The van der Waals surface area contributed by atoms with Crippen LogP contribution in [0.15, 0.2) is 23.7 Å². The zero-order valence-corrected chi connectivity index (χ0v) is 12.2. The summed E-state index contributed by atoms with van der Waals surface area (Å²) in [6.45, 7) is 1.97. The fourth-order valence-electron chi connectivity index (χ4n) is 1.80. The maximum Gasteiger partial charge on any atom is 0.0794 e. The summed E-state index contributed by atoms with van der Waals surface area (Å²) < 4.78 is 0. The average Bonchev–Trinajstić information content (AvgIpc) is 3.03. The van der Waals surface area contributed by atoms with E-state index >= 15 is 0 Å². The van der Waals surface area contributed by atoms with Crippen LogP contribution in [0.2, 0.25) is 0 Å². The Kier molecular flexibility index (Phi) is 5.77. The van der Waals surface area contributed by atoms with Crippen LogP contribution in [0.3, 0.4) is 0 Å². The first-order chi connectivity index (χ1) is 8.92. The number of nitrogens with one attached hydrogen (secondary N) is 2. The van der Waals surface area contributed by atoms with Crippen LogP contribution in [0.4, 0.5) is 0 Å². The van der Waals surface area contributed by atoms with Crippen molar-refractivity contribution in [1.82, 2.24) is 15.5 Å². The number of H-pyrrole nitrogens is 1. The highest BCUT2D eigenvalue weighted by Gasteiger charge is 2.07. The molecule has 0 unspecified atom stereocenters. The van der Waals surface area contributed by atoms with E-state index in [9.17, 15) is 0 Å². The van der Waals surface area contributed by atoms with E-state index in [4.69, 9.17) is 0 Å². The van der Waals surface area contributed by atoms with E-state index < -0.39 is 0 Å². The number of thioether (sulfide) groups is 1. The Morgan fingerprint density at radius 2 is 2.39 bits per heavy atom. The fraction of sp³-hybridized carbons (Fsp3) is 0.462. The molecule has 3 nitrogen and oxygen atoms in total. The number of aromatic nitrogens is 2. The van der Waals surface area contributed by atoms with Crippen LogP contribution in [0.5, 0.6) is 0 Å². The van der Waals surface area contributed by atoms with Gasteiger partial charge in [0.2, 0.25) is 0 Å². The van der Waals surface area contributed by atoms with E-state index in [1.54, 1.807) is 11.3 Å². The number of nitrogens with zero attached hydrogens (tertiary/aromatic N) is 1. The molecule has 0 aliphatic rings. The highest BCUT2D eigenvalue weighted by Crippen LogP contribution is 2.25. The molecule has 0 spiro atoms. The Bertz CT molecular complexity index is 437. The molecule has 2 heterocycles. The third-order valence-corrected chi connectivity index (χ3v) is 4.34. The largest absolute Gasteiger partial charge is 0.313 e. The Morgan fingerprint density at radius 3 is 3.17 bits per heavy atom. The second kappa shape index (κ2) is 7.61. The Morgan fingerprint density at radius 1 is 1.44 bits per heavy atom. The van der Waals surface area contributed by atoms with Crippen molar-refractivity contribution >= 4 is 23.1 Å². The maximum atomic E-state index is 4.14. The van der Waals surface area contributed by atoms with Crippen LogP contribution >= 0.6 is 23.1 Å². The van der Waals surface area contributed by atoms with Gasteiger partial charge in [-0.05, 0) is 42.8 Å². The Balaban J connectivity index is 1.78. The molecule has 0 atom stereocenters. The van der Waals surface area contributed by atoms with Crippen LogP contribution in [-0.2, 0) is 6.54 Å². The van der Waals surface area contributed by atoms with Gasteiger partial charge in [0, 0.05) is 12.1 Å². The molecule has 0 fully saturated rings. The number of hydrogen-bond acceptors (Lipinski definition) is 4. The summed E-state index contributed by atoms with van der Waals surface area (Å²) >= 11 is 3.66. The molecule has 0 bridgehead atoms. The Labute approximate surface area is 116 Å². The van der Waals surface area contributed by atoms with E-state index in [1.165, 1.54) is 29.0 Å². The van der Waals surface area contributed by atoms with Gasteiger partial charge in [-0.3, -0.25) is 5.10 Å². The van der Waals surface area contributed by atoms with Gasteiger partial charge in [0.25, 0.3) is 0 Å². The van der Waals surface area contributed by atoms with Gasteiger partial charge in [0.15, 0.2) is 0 Å². The summed E-state index contributed by atoms with van der Waals surface area (Å²) in [6, 6.07) is 4.20. The van der Waals surface area contributed by atoms with E-state index in [0.29, 0.717) is 0 Å². The van der Waals surface area contributed by atoms with E-state index in [0.717, 1.165) is 18.8 Å². The van der Waals surface area contributed by atoms with Crippen molar-refractivity contribution in [2.24, 2.45) is 0 Å². The minimum absolute atomic E-state index is 0.892. The fourth-order valence-corrected chi connectivity index (χ4v) is 3.05. The SMILES string of the molecule is CSCCCCNCc1cn[nH]c1-c1cccs1. The van der Waals surface area contributed by atoms with E-state index in [1.807, 2.05) is 18.0 Å². The summed E-state index contributed by atoms with van der Waals surface area (Å²) in [7, 11) is 0. The highest BCUT2D eigenvalue weighted by atomic mass is 32.2. The molecule has 0 aliphatic heterocycles. The molecule has 18 heavy (non-hydrogen) atoms. The topological polar surface area (TPSA) is 40.7 Å². The molecule has 2 aromatic heterocycles. The third kappa shape index (κ3) is 3.86. The standard InChI is InChI=1S/C13H19N3S2/c1-17-7-3-2-6-14-9-11-10-15-16-13(11)12-5-4-8-18-12/h4-5,8,10,14H,2-3,6-7,9H2,1H3,(H,15,16). The molecule has 0 radical (unpaired) electrons. The number of thiophene rings is 1. The van der Waals surface area contributed by atoms with Gasteiger partial charge >= 0.3 is 0 Å². The number of rotatable bonds is 8. The Hall–Kier alpha value is -0.780. The highest BCUT2D eigenvalue weighted by molar-refractivity contribution is 7.98. The first-order valence-electron chi connectivity index (χ1n) is 6.17. The lowest BCUT2D eigenvalue weighted by molar-refractivity contribution is 0.644. The third-order valence-electron chi connectivity index (χ3n) is 2.75.